The summed E-state index contributed by atoms with van der Waals surface area (Å²) in [4.78, 5) is 3.51. The fraction of sp³-hybridized carbons (Fsp3) is 0.0714. The molecule has 3 aromatic heterocycles. The summed E-state index contributed by atoms with van der Waals surface area (Å²) in [6.07, 6.45) is 0. The maximum atomic E-state index is 14.7. The molecular weight excluding hydrogens is 559 g/mol. The molecule has 0 N–H and O–H groups in total. The van der Waals surface area contributed by atoms with Gasteiger partial charge in [-0.15, -0.1) is 22.7 Å². The average Bonchev–Trinajstić information content (AvgIpc) is 3.69. The van der Waals surface area contributed by atoms with Gasteiger partial charge in [0.2, 0.25) is 0 Å². The van der Waals surface area contributed by atoms with Crippen molar-refractivity contribution in [3.05, 3.63) is 83.4 Å². The topological polar surface area (TPSA) is 50.5 Å². The summed E-state index contributed by atoms with van der Waals surface area (Å²) in [5, 5.41) is 0. The SMILES string of the molecule is Cc1ccc(-c2ccc(-c3c4c(c(-c5ccc(-c6ccc(C)cc6F)s5)c5nsnc35)N=S=N4)s2)c(F)c1. The molecule has 6 aromatic rings. The van der Waals surface area contributed by atoms with E-state index < -0.39 is 0 Å². The number of rotatable bonds is 4. The lowest BCUT2D eigenvalue weighted by Gasteiger charge is -2.09. The molecule has 186 valence electrons. The molecule has 0 saturated heterocycles. The summed E-state index contributed by atoms with van der Waals surface area (Å²) in [5.74, 6) is -0.485. The third-order valence-electron chi connectivity index (χ3n) is 6.41. The van der Waals surface area contributed by atoms with Crippen molar-refractivity contribution in [2.24, 2.45) is 8.73 Å². The van der Waals surface area contributed by atoms with Crippen molar-refractivity contribution in [3.63, 3.8) is 0 Å². The lowest BCUT2D eigenvalue weighted by atomic mass is 10.0. The van der Waals surface area contributed by atoms with E-state index in [2.05, 4.69) is 17.5 Å². The van der Waals surface area contributed by atoms with Crippen molar-refractivity contribution in [1.82, 2.24) is 8.75 Å². The Morgan fingerprint density at radius 2 is 1.03 bits per heavy atom. The van der Waals surface area contributed by atoms with Gasteiger partial charge >= 0.3 is 0 Å². The highest BCUT2D eigenvalue weighted by Crippen LogP contribution is 2.54. The number of thiophene rings is 2. The molecule has 0 fully saturated rings. The van der Waals surface area contributed by atoms with Gasteiger partial charge < -0.3 is 0 Å². The van der Waals surface area contributed by atoms with Crippen LogP contribution in [0.2, 0.25) is 0 Å². The van der Waals surface area contributed by atoms with Crippen LogP contribution in [0, 0.1) is 25.5 Å². The van der Waals surface area contributed by atoms with Gasteiger partial charge in [0.1, 0.15) is 34.0 Å². The van der Waals surface area contributed by atoms with Crippen LogP contribution in [-0.2, 0) is 11.4 Å². The summed E-state index contributed by atoms with van der Waals surface area (Å²) < 4.78 is 48.0. The van der Waals surface area contributed by atoms with Crippen LogP contribution in [-0.4, -0.2) is 8.75 Å². The van der Waals surface area contributed by atoms with Gasteiger partial charge in [-0.25, -0.2) is 8.78 Å². The Morgan fingerprint density at radius 1 is 0.579 bits per heavy atom. The number of benzene rings is 3. The van der Waals surface area contributed by atoms with Gasteiger partial charge in [0.15, 0.2) is 0 Å². The van der Waals surface area contributed by atoms with Gasteiger partial charge in [-0.1, -0.05) is 24.3 Å². The van der Waals surface area contributed by atoms with E-state index in [0.717, 1.165) is 87.3 Å². The Bertz CT molecular complexity index is 1840. The van der Waals surface area contributed by atoms with E-state index in [1.54, 1.807) is 12.1 Å². The standard InChI is InChI=1S/C28H16F2N4S4/c1-13-3-5-15(17(29)11-13)19-7-9-21(35-19)23-25-27(33-37-31-25)24(28-26(23)32-38-34-28)22-10-8-20(36-22)16-6-4-14(2)12-18(16)30/h3-12H,1-2H3. The van der Waals surface area contributed by atoms with Crippen molar-refractivity contribution < 1.29 is 8.78 Å². The molecule has 0 amide bonds. The number of fused-ring (bicyclic) bond motifs is 2. The van der Waals surface area contributed by atoms with E-state index in [1.807, 2.05) is 62.4 Å². The van der Waals surface area contributed by atoms with Crippen LogP contribution >= 0.6 is 34.4 Å². The molecule has 1 aliphatic heterocycles. The summed E-state index contributed by atoms with van der Waals surface area (Å²) >= 11 is 5.26. The number of aromatic nitrogens is 2. The Hall–Kier alpha value is -3.44. The number of halogens is 2. The molecule has 0 aliphatic carbocycles. The molecule has 7 rings (SSSR count). The second-order valence-corrected chi connectivity index (χ2v) is 12.2. The van der Waals surface area contributed by atoms with E-state index in [-0.39, 0.29) is 11.6 Å². The zero-order chi connectivity index (χ0) is 26.0. The Kier molecular flexibility index (Phi) is 5.66. The van der Waals surface area contributed by atoms with Gasteiger partial charge in [-0.3, -0.25) is 0 Å². The molecule has 0 unspecified atom stereocenters. The number of hydrogen-bond acceptors (Lipinski definition) is 7. The molecule has 0 spiro atoms. The first-order chi connectivity index (χ1) is 18.5. The number of aryl methyl sites for hydroxylation is 2. The molecule has 0 saturated carbocycles. The lowest BCUT2D eigenvalue weighted by molar-refractivity contribution is 0.630. The van der Waals surface area contributed by atoms with Gasteiger partial charge in [0, 0.05) is 41.8 Å². The molecule has 1 aliphatic rings. The van der Waals surface area contributed by atoms with E-state index in [0.29, 0.717) is 11.1 Å². The van der Waals surface area contributed by atoms with E-state index in [9.17, 15) is 8.78 Å². The lowest BCUT2D eigenvalue weighted by Crippen LogP contribution is -1.85. The normalized spacial score (nSPS) is 12.3. The zero-order valence-electron chi connectivity index (χ0n) is 20.0. The molecule has 10 heteroatoms. The average molecular weight is 575 g/mol. The molecule has 3 aromatic carbocycles. The third-order valence-corrected chi connectivity index (χ3v) is 9.74. The second-order valence-electron chi connectivity index (χ2n) is 8.97. The molecule has 4 nitrogen and oxygen atoms in total. The Labute approximate surface area is 232 Å². The summed E-state index contributed by atoms with van der Waals surface area (Å²) in [6.45, 7) is 3.75. The van der Waals surface area contributed by atoms with Crippen molar-refractivity contribution >= 4 is 68.2 Å². The second kappa shape index (κ2) is 9.09. The van der Waals surface area contributed by atoms with Crippen LogP contribution in [0.25, 0.3) is 52.8 Å². The molecule has 0 bridgehead atoms. The summed E-state index contributed by atoms with van der Waals surface area (Å²) in [6, 6.07) is 18.4. The Morgan fingerprint density at radius 3 is 1.47 bits per heavy atom. The number of nitrogens with zero attached hydrogens (tertiary/aromatic N) is 4. The summed E-state index contributed by atoms with van der Waals surface area (Å²) in [7, 11) is 0. The first kappa shape index (κ1) is 23.7. The minimum atomic E-state index is -0.242. The number of hydrogen-bond donors (Lipinski definition) is 0. The minimum Gasteiger partial charge on any atom is -0.206 e. The fourth-order valence-electron chi connectivity index (χ4n) is 4.60. The smallest absolute Gasteiger partial charge is 0.132 e. The highest BCUT2D eigenvalue weighted by atomic mass is 32.1. The van der Waals surface area contributed by atoms with E-state index in [1.165, 1.54) is 22.7 Å². The predicted octanol–water partition coefficient (Wildman–Crippen LogP) is 10.1. The maximum Gasteiger partial charge on any atom is 0.132 e. The third kappa shape index (κ3) is 3.79. The minimum absolute atomic E-state index is 0.242. The van der Waals surface area contributed by atoms with Crippen molar-refractivity contribution in [2.45, 2.75) is 13.8 Å². The monoisotopic (exact) mass is 574 g/mol. The van der Waals surface area contributed by atoms with Crippen molar-refractivity contribution in [2.75, 3.05) is 0 Å². The van der Waals surface area contributed by atoms with Crippen LogP contribution in [0.4, 0.5) is 20.2 Å². The zero-order valence-corrected chi connectivity index (χ0v) is 23.2. The largest absolute Gasteiger partial charge is 0.206 e. The highest BCUT2D eigenvalue weighted by Gasteiger charge is 2.28. The van der Waals surface area contributed by atoms with E-state index in [4.69, 9.17) is 0 Å². The summed E-state index contributed by atoms with van der Waals surface area (Å²) in [5.41, 5.74) is 7.55. The quantitative estimate of drug-likeness (QED) is 0.210. The van der Waals surface area contributed by atoms with E-state index >= 15 is 0 Å². The molecule has 38 heavy (non-hydrogen) atoms. The molecule has 0 radical (unpaired) electrons. The van der Waals surface area contributed by atoms with Crippen LogP contribution in [0.3, 0.4) is 0 Å². The molecule has 4 heterocycles. The first-order valence-electron chi connectivity index (χ1n) is 11.6. The fourth-order valence-corrected chi connectivity index (χ4v) is 7.88. The first-order valence-corrected chi connectivity index (χ1v) is 14.7. The van der Waals surface area contributed by atoms with Crippen LogP contribution in [0.5, 0.6) is 0 Å². The molecule has 0 atom stereocenters. The van der Waals surface area contributed by atoms with Gasteiger partial charge in [-0.2, -0.15) is 17.5 Å². The molecular formula is C28H16F2N4S4. The van der Waals surface area contributed by atoms with Crippen molar-refractivity contribution in [3.8, 4) is 41.8 Å². The van der Waals surface area contributed by atoms with Gasteiger partial charge in [-0.05, 0) is 61.4 Å². The van der Waals surface area contributed by atoms with Gasteiger partial charge in [0.05, 0.1) is 23.1 Å². The maximum absolute atomic E-state index is 14.7. The van der Waals surface area contributed by atoms with Crippen LogP contribution in [0.15, 0.2) is 69.4 Å². The highest BCUT2D eigenvalue weighted by molar-refractivity contribution is 7.58. The Balaban J connectivity index is 1.38. The van der Waals surface area contributed by atoms with Crippen LogP contribution in [0.1, 0.15) is 11.1 Å². The van der Waals surface area contributed by atoms with Gasteiger partial charge in [0.25, 0.3) is 0 Å². The predicted molar refractivity (Wildman–Crippen MR) is 156 cm³/mol. The van der Waals surface area contributed by atoms with Crippen molar-refractivity contribution in [1.29, 1.82) is 0 Å². The van der Waals surface area contributed by atoms with Crippen LogP contribution < -0.4 is 0 Å².